The van der Waals surface area contributed by atoms with Gasteiger partial charge in [-0.2, -0.15) is 0 Å². The summed E-state index contributed by atoms with van der Waals surface area (Å²) in [6.45, 7) is 1.93. The van der Waals surface area contributed by atoms with Gasteiger partial charge in [-0.05, 0) is 41.5 Å². The summed E-state index contributed by atoms with van der Waals surface area (Å²) in [7, 11) is 1.90. The maximum absolute atomic E-state index is 9.53. The first kappa shape index (κ1) is 8.88. The van der Waals surface area contributed by atoms with Gasteiger partial charge in [0.1, 0.15) is 5.75 Å². The first-order valence-electron chi connectivity index (χ1n) is 4.62. The zero-order valence-electron chi connectivity index (χ0n) is 8.33. The van der Waals surface area contributed by atoms with E-state index in [2.05, 4.69) is 11.4 Å². The van der Waals surface area contributed by atoms with Gasteiger partial charge in [-0.1, -0.05) is 12.1 Å². The topological polar surface area (TPSA) is 32.3 Å². The van der Waals surface area contributed by atoms with Crippen molar-refractivity contribution in [1.29, 1.82) is 0 Å². The Morgan fingerprint density at radius 2 is 1.93 bits per heavy atom. The molecule has 2 heteroatoms. The largest absolute Gasteiger partial charge is 0.508 e. The molecule has 0 radical (unpaired) electrons. The Kier molecular flexibility index (Phi) is 2.04. The molecule has 0 fully saturated rings. The molecule has 0 heterocycles. The Bertz CT molecular complexity index is 477. The molecule has 2 nitrogen and oxygen atoms in total. The Labute approximate surface area is 83.2 Å². The first-order chi connectivity index (χ1) is 6.72. The van der Waals surface area contributed by atoms with Crippen molar-refractivity contribution in [1.82, 2.24) is 0 Å². The van der Waals surface area contributed by atoms with Crippen molar-refractivity contribution in [3.63, 3.8) is 0 Å². The molecule has 0 aliphatic rings. The minimum Gasteiger partial charge on any atom is -0.508 e. The van der Waals surface area contributed by atoms with Gasteiger partial charge in [0.2, 0.25) is 0 Å². The molecule has 2 aromatic carbocycles. The van der Waals surface area contributed by atoms with E-state index >= 15 is 0 Å². The number of fused-ring (bicyclic) bond motifs is 1. The summed E-state index contributed by atoms with van der Waals surface area (Å²) < 4.78 is 0. The first-order valence-corrected chi connectivity index (χ1v) is 4.62. The second-order valence-corrected chi connectivity index (χ2v) is 3.40. The van der Waals surface area contributed by atoms with Gasteiger partial charge in [-0.15, -0.1) is 0 Å². The van der Waals surface area contributed by atoms with Gasteiger partial charge in [0, 0.05) is 12.7 Å². The van der Waals surface area contributed by atoms with Gasteiger partial charge in [0.05, 0.1) is 0 Å². The second-order valence-electron chi connectivity index (χ2n) is 3.40. The molecule has 0 spiro atoms. The molecule has 0 aliphatic heterocycles. The summed E-state index contributed by atoms with van der Waals surface area (Å²) >= 11 is 0. The molecule has 2 rings (SSSR count). The van der Waals surface area contributed by atoms with Gasteiger partial charge >= 0.3 is 0 Å². The number of benzene rings is 2. The fourth-order valence-electron chi connectivity index (χ4n) is 1.63. The van der Waals surface area contributed by atoms with E-state index in [1.807, 2.05) is 32.2 Å². The third-order valence-corrected chi connectivity index (χ3v) is 2.55. The number of rotatable bonds is 1. The van der Waals surface area contributed by atoms with Crippen LogP contribution < -0.4 is 5.32 Å². The van der Waals surface area contributed by atoms with Crippen LogP contribution in [0.25, 0.3) is 10.8 Å². The van der Waals surface area contributed by atoms with Crippen LogP contribution in [0.1, 0.15) is 5.56 Å². The van der Waals surface area contributed by atoms with Gasteiger partial charge in [-0.3, -0.25) is 0 Å². The standard InChI is InChI=1S/C12H13NO/c1-8-11-5-4-10(13-2)7-9(11)3-6-12(8)14/h3-7,13-14H,1-2H3. The van der Waals surface area contributed by atoms with Crippen molar-refractivity contribution in [2.75, 3.05) is 12.4 Å². The van der Waals surface area contributed by atoms with Crippen LogP contribution in [0.5, 0.6) is 5.75 Å². The molecule has 0 aromatic heterocycles. The molecule has 0 bridgehead atoms. The maximum Gasteiger partial charge on any atom is 0.119 e. The van der Waals surface area contributed by atoms with Crippen LogP contribution >= 0.6 is 0 Å². The lowest BCUT2D eigenvalue weighted by Crippen LogP contribution is -1.87. The fourth-order valence-corrected chi connectivity index (χ4v) is 1.63. The van der Waals surface area contributed by atoms with Gasteiger partial charge in [0.15, 0.2) is 0 Å². The van der Waals surface area contributed by atoms with Crippen LogP contribution in [0.3, 0.4) is 0 Å². The predicted octanol–water partition coefficient (Wildman–Crippen LogP) is 2.90. The smallest absolute Gasteiger partial charge is 0.119 e. The highest BCUT2D eigenvalue weighted by Gasteiger charge is 2.02. The molecule has 0 atom stereocenters. The minimum absolute atomic E-state index is 0.356. The van der Waals surface area contributed by atoms with Crippen LogP contribution in [0.4, 0.5) is 5.69 Å². The summed E-state index contributed by atoms with van der Waals surface area (Å²) in [5.41, 5.74) is 2.02. The van der Waals surface area contributed by atoms with Gasteiger partial charge < -0.3 is 10.4 Å². The third-order valence-electron chi connectivity index (χ3n) is 2.55. The van der Waals surface area contributed by atoms with Crippen molar-refractivity contribution < 1.29 is 5.11 Å². The highest BCUT2D eigenvalue weighted by molar-refractivity contribution is 5.89. The van der Waals surface area contributed by atoms with Crippen molar-refractivity contribution in [3.8, 4) is 5.75 Å². The highest BCUT2D eigenvalue weighted by atomic mass is 16.3. The van der Waals surface area contributed by atoms with E-state index in [4.69, 9.17) is 0 Å². The average molecular weight is 187 g/mol. The number of phenols is 1. The molecule has 0 unspecified atom stereocenters. The Balaban J connectivity index is 2.74. The Morgan fingerprint density at radius 3 is 2.64 bits per heavy atom. The van der Waals surface area contributed by atoms with E-state index in [9.17, 15) is 5.11 Å². The molecule has 2 aromatic rings. The second kappa shape index (κ2) is 3.22. The van der Waals surface area contributed by atoms with Crippen molar-refractivity contribution >= 4 is 16.5 Å². The van der Waals surface area contributed by atoms with Crippen LogP contribution in [0.2, 0.25) is 0 Å². The quantitative estimate of drug-likeness (QED) is 0.719. The molecular weight excluding hydrogens is 174 g/mol. The number of hydrogen-bond donors (Lipinski definition) is 2. The average Bonchev–Trinajstić information content (AvgIpc) is 2.23. The van der Waals surface area contributed by atoms with E-state index < -0.39 is 0 Å². The van der Waals surface area contributed by atoms with E-state index in [1.54, 1.807) is 6.07 Å². The number of nitrogens with one attached hydrogen (secondary N) is 1. The summed E-state index contributed by atoms with van der Waals surface area (Å²) in [4.78, 5) is 0. The predicted molar refractivity (Wildman–Crippen MR) is 59.9 cm³/mol. The summed E-state index contributed by atoms with van der Waals surface area (Å²) in [5.74, 6) is 0.356. The number of anilines is 1. The zero-order valence-corrected chi connectivity index (χ0v) is 8.33. The van der Waals surface area contributed by atoms with Crippen molar-refractivity contribution in [2.24, 2.45) is 0 Å². The summed E-state index contributed by atoms with van der Waals surface area (Å²) in [6, 6.07) is 9.77. The SMILES string of the molecule is CNc1ccc2c(C)c(O)ccc2c1. The van der Waals surface area contributed by atoms with Gasteiger partial charge in [0.25, 0.3) is 0 Å². The molecule has 0 saturated carbocycles. The number of aromatic hydroxyl groups is 1. The summed E-state index contributed by atoms with van der Waals surface area (Å²) in [5, 5.41) is 14.9. The molecule has 14 heavy (non-hydrogen) atoms. The van der Waals surface area contributed by atoms with Crippen molar-refractivity contribution in [2.45, 2.75) is 6.92 Å². The fraction of sp³-hybridized carbons (Fsp3) is 0.167. The van der Waals surface area contributed by atoms with Crippen LogP contribution in [0.15, 0.2) is 30.3 Å². The summed E-state index contributed by atoms with van der Waals surface area (Å²) in [6.07, 6.45) is 0. The van der Waals surface area contributed by atoms with Crippen LogP contribution in [0, 0.1) is 6.92 Å². The molecular formula is C12H13NO. The minimum atomic E-state index is 0.356. The van der Waals surface area contributed by atoms with E-state index in [1.165, 1.54) is 0 Å². The molecule has 72 valence electrons. The molecule has 0 aliphatic carbocycles. The molecule has 0 saturated heterocycles. The lowest BCUT2D eigenvalue weighted by atomic mass is 10.0. The van der Waals surface area contributed by atoms with Crippen molar-refractivity contribution in [3.05, 3.63) is 35.9 Å². The number of aryl methyl sites for hydroxylation is 1. The third kappa shape index (κ3) is 1.29. The molecule has 0 amide bonds. The zero-order chi connectivity index (χ0) is 10.1. The monoisotopic (exact) mass is 187 g/mol. The lowest BCUT2D eigenvalue weighted by Gasteiger charge is -2.06. The lowest BCUT2D eigenvalue weighted by molar-refractivity contribution is 0.472. The van der Waals surface area contributed by atoms with Gasteiger partial charge in [-0.25, -0.2) is 0 Å². The van der Waals surface area contributed by atoms with E-state index in [0.717, 1.165) is 22.0 Å². The van der Waals surface area contributed by atoms with Crippen LogP contribution in [-0.2, 0) is 0 Å². The Morgan fingerprint density at radius 1 is 1.14 bits per heavy atom. The van der Waals surface area contributed by atoms with E-state index in [0.29, 0.717) is 5.75 Å². The van der Waals surface area contributed by atoms with E-state index in [-0.39, 0.29) is 0 Å². The van der Waals surface area contributed by atoms with Crippen LogP contribution in [-0.4, -0.2) is 12.2 Å². The Hall–Kier alpha value is -1.70. The molecule has 2 N–H and O–H groups in total. The number of phenolic OH excluding ortho intramolecular Hbond substituents is 1. The highest BCUT2D eigenvalue weighted by Crippen LogP contribution is 2.27. The normalized spacial score (nSPS) is 10.4. The number of hydrogen-bond acceptors (Lipinski definition) is 2. The maximum atomic E-state index is 9.53.